The second kappa shape index (κ2) is 6.71. The molecule has 106 valence electrons. The van der Waals surface area contributed by atoms with E-state index in [2.05, 4.69) is 26.2 Å². The second-order valence-electron chi connectivity index (χ2n) is 4.01. The molecule has 1 aromatic heterocycles. The maximum absolute atomic E-state index is 10.5. The van der Waals surface area contributed by atoms with Gasteiger partial charge < -0.3 is 15.2 Å². The lowest BCUT2D eigenvalue weighted by Gasteiger charge is -2.09. The molecule has 0 saturated carbocycles. The number of aryl methyl sites for hydroxylation is 1. The van der Waals surface area contributed by atoms with Gasteiger partial charge in [-0.1, -0.05) is 15.9 Å². The normalized spacial score (nSPS) is 10.3. The van der Waals surface area contributed by atoms with E-state index in [1.807, 2.05) is 23.6 Å². The van der Waals surface area contributed by atoms with Crippen LogP contribution in [-0.4, -0.2) is 23.2 Å². The van der Waals surface area contributed by atoms with Crippen LogP contribution in [-0.2, 0) is 11.2 Å². The largest absolute Gasteiger partial charge is 0.495 e. The number of carboxylic acids is 1. The molecule has 0 atom stereocenters. The number of ether oxygens (including phenoxy) is 1. The minimum absolute atomic E-state index is 0.0867. The van der Waals surface area contributed by atoms with Gasteiger partial charge in [0.25, 0.3) is 0 Å². The third-order valence-corrected chi connectivity index (χ3v) is 3.85. The minimum atomic E-state index is -0.818. The number of halogens is 1. The Kier molecular flexibility index (Phi) is 4.97. The van der Waals surface area contributed by atoms with Crippen LogP contribution in [0.1, 0.15) is 12.1 Å². The van der Waals surface area contributed by atoms with E-state index in [4.69, 9.17) is 9.84 Å². The zero-order chi connectivity index (χ0) is 14.5. The number of anilines is 2. The van der Waals surface area contributed by atoms with Crippen LogP contribution in [0.4, 0.5) is 10.8 Å². The highest BCUT2D eigenvalue weighted by molar-refractivity contribution is 9.10. The zero-order valence-electron chi connectivity index (χ0n) is 10.7. The Balaban J connectivity index is 2.10. The summed E-state index contributed by atoms with van der Waals surface area (Å²) in [4.78, 5) is 14.9. The fourth-order valence-electron chi connectivity index (χ4n) is 1.61. The Bertz CT molecular complexity index is 615. The highest BCUT2D eigenvalue weighted by atomic mass is 79.9. The molecule has 0 spiro atoms. The number of aliphatic carboxylic acids is 1. The number of nitrogens with zero attached hydrogens (tertiary/aromatic N) is 1. The summed E-state index contributed by atoms with van der Waals surface area (Å²) in [7, 11) is 1.61. The molecule has 0 aliphatic rings. The molecule has 0 radical (unpaired) electrons. The number of carboxylic acid groups (broad SMARTS) is 1. The molecule has 2 N–H and O–H groups in total. The van der Waals surface area contributed by atoms with E-state index in [1.165, 1.54) is 11.3 Å². The maximum atomic E-state index is 10.5. The van der Waals surface area contributed by atoms with Crippen LogP contribution in [0, 0.1) is 0 Å². The second-order valence-corrected chi connectivity index (χ2v) is 5.78. The lowest BCUT2D eigenvalue weighted by atomic mass is 10.2. The first-order valence-electron chi connectivity index (χ1n) is 5.85. The standard InChI is InChI=1S/C13H13BrN2O3S/c1-19-11-4-2-8(14)6-10(11)16-13-15-9(7-20-13)3-5-12(17)18/h2,4,6-7H,3,5H2,1H3,(H,15,16)(H,17,18). The smallest absolute Gasteiger partial charge is 0.303 e. The van der Waals surface area contributed by atoms with E-state index < -0.39 is 5.97 Å². The summed E-state index contributed by atoms with van der Waals surface area (Å²) in [5, 5.41) is 14.4. The molecule has 1 aromatic carbocycles. The Hall–Kier alpha value is -1.60. The Morgan fingerprint density at radius 1 is 1.55 bits per heavy atom. The SMILES string of the molecule is COc1ccc(Br)cc1Nc1nc(CCC(=O)O)cs1. The highest BCUT2D eigenvalue weighted by Gasteiger charge is 2.08. The van der Waals surface area contributed by atoms with Gasteiger partial charge >= 0.3 is 5.97 Å². The number of aromatic nitrogens is 1. The van der Waals surface area contributed by atoms with Gasteiger partial charge in [-0.05, 0) is 18.2 Å². The van der Waals surface area contributed by atoms with Gasteiger partial charge in [0.2, 0.25) is 0 Å². The summed E-state index contributed by atoms with van der Waals surface area (Å²) in [5.41, 5.74) is 1.58. The van der Waals surface area contributed by atoms with Crippen LogP contribution in [0.15, 0.2) is 28.1 Å². The monoisotopic (exact) mass is 356 g/mol. The van der Waals surface area contributed by atoms with Crippen molar-refractivity contribution in [2.45, 2.75) is 12.8 Å². The minimum Gasteiger partial charge on any atom is -0.495 e. The van der Waals surface area contributed by atoms with Crippen molar-refractivity contribution in [3.63, 3.8) is 0 Å². The van der Waals surface area contributed by atoms with Gasteiger partial charge in [-0.25, -0.2) is 4.98 Å². The van der Waals surface area contributed by atoms with Crippen molar-refractivity contribution in [2.75, 3.05) is 12.4 Å². The van der Waals surface area contributed by atoms with Crippen molar-refractivity contribution < 1.29 is 14.6 Å². The molecule has 0 fully saturated rings. The molecule has 0 unspecified atom stereocenters. The first-order valence-corrected chi connectivity index (χ1v) is 7.52. The molecule has 0 aliphatic heterocycles. The molecule has 0 bridgehead atoms. The van der Waals surface area contributed by atoms with Gasteiger partial charge in [0.15, 0.2) is 5.13 Å². The average Bonchev–Trinajstić information content (AvgIpc) is 2.84. The Labute approximate surface area is 128 Å². The van der Waals surface area contributed by atoms with Gasteiger partial charge in [0.05, 0.1) is 24.9 Å². The maximum Gasteiger partial charge on any atom is 0.303 e. The topological polar surface area (TPSA) is 71.5 Å². The van der Waals surface area contributed by atoms with Gasteiger partial charge in [0.1, 0.15) is 5.75 Å². The van der Waals surface area contributed by atoms with Crippen LogP contribution in [0.25, 0.3) is 0 Å². The molecule has 1 heterocycles. The number of benzene rings is 1. The van der Waals surface area contributed by atoms with Crippen molar-refractivity contribution in [2.24, 2.45) is 0 Å². The molecule has 2 aromatic rings. The van der Waals surface area contributed by atoms with Crippen molar-refractivity contribution >= 4 is 44.1 Å². The van der Waals surface area contributed by atoms with Gasteiger partial charge in [-0.15, -0.1) is 11.3 Å². The summed E-state index contributed by atoms with van der Waals surface area (Å²) in [5.74, 6) is -0.100. The summed E-state index contributed by atoms with van der Waals surface area (Å²) < 4.78 is 6.21. The number of methoxy groups -OCH3 is 1. The number of hydrogen-bond acceptors (Lipinski definition) is 5. The fourth-order valence-corrected chi connectivity index (χ4v) is 2.73. The quantitative estimate of drug-likeness (QED) is 0.825. The van der Waals surface area contributed by atoms with E-state index >= 15 is 0 Å². The van der Waals surface area contributed by atoms with E-state index in [-0.39, 0.29) is 6.42 Å². The van der Waals surface area contributed by atoms with E-state index in [1.54, 1.807) is 7.11 Å². The van der Waals surface area contributed by atoms with Crippen LogP contribution < -0.4 is 10.1 Å². The lowest BCUT2D eigenvalue weighted by Crippen LogP contribution is -1.98. The number of nitrogens with one attached hydrogen (secondary N) is 1. The van der Waals surface area contributed by atoms with Crippen molar-refractivity contribution in [3.8, 4) is 5.75 Å². The van der Waals surface area contributed by atoms with E-state index in [9.17, 15) is 4.79 Å². The van der Waals surface area contributed by atoms with Crippen LogP contribution in [0.5, 0.6) is 5.75 Å². The third-order valence-electron chi connectivity index (χ3n) is 2.55. The molecule has 20 heavy (non-hydrogen) atoms. The molecule has 0 saturated heterocycles. The molecule has 0 aliphatic carbocycles. The Morgan fingerprint density at radius 2 is 2.35 bits per heavy atom. The number of carbonyl (C=O) groups is 1. The summed E-state index contributed by atoms with van der Waals surface area (Å²) in [6, 6.07) is 5.65. The van der Waals surface area contributed by atoms with E-state index in [0.29, 0.717) is 11.6 Å². The number of rotatable bonds is 6. The molecular weight excluding hydrogens is 344 g/mol. The zero-order valence-corrected chi connectivity index (χ0v) is 13.1. The summed E-state index contributed by atoms with van der Waals surface area (Å²) in [6.45, 7) is 0. The van der Waals surface area contributed by atoms with Crippen molar-refractivity contribution in [3.05, 3.63) is 33.7 Å². The average molecular weight is 357 g/mol. The first kappa shape index (κ1) is 14.8. The highest BCUT2D eigenvalue weighted by Crippen LogP contribution is 2.31. The molecule has 2 rings (SSSR count). The predicted octanol–water partition coefficient (Wildman–Crippen LogP) is 3.68. The van der Waals surface area contributed by atoms with Crippen LogP contribution >= 0.6 is 27.3 Å². The number of thiazole rings is 1. The van der Waals surface area contributed by atoms with E-state index in [0.717, 1.165) is 21.6 Å². The fraction of sp³-hybridized carbons (Fsp3) is 0.231. The molecule has 0 amide bonds. The van der Waals surface area contributed by atoms with Gasteiger partial charge in [-0.2, -0.15) is 0 Å². The van der Waals surface area contributed by atoms with Crippen molar-refractivity contribution in [1.29, 1.82) is 0 Å². The molecule has 7 heteroatoms. The molecule has 5 nitrogen and oxygen atoms in total. The first-order chi connectivity index (χ1) is 9.58. The number of hydrogen-bond donors (Lipinski definition) is 2. The summed E-state index contributed by atoms with van der Waals surface area (Å²) >= 11 is 4.84. The van der Waals surface area contributed by atoms with Gasteiger partial charge in [0, 0.05) is 16.3 Å². The van der Waals surface area contributed by atoms with Crippen LogP contribution in [0.3, 0.4) is 0 Å². The Morgan fingerprint density at radius 3 is 3.05 bits per heavy atom. The molecular formula is C13H13BrN2O3S. The predicted molar refractivity (Wildman–Crippen MR) is 82.0 cm³/mol. The summed E-state index contributed by atoms with van der Waals surface area (Å²) in [6.07, 6.45) is 0.520. The lowest BCUT2D eigenvalue weighted by molar-refractivity contribution is -0.136. The van der Waals surface area contributed by atoms with Gasteiger partial charge in [-0.3, -0.25) is 4.79 Å². The van der Waals surface area contributed by atoms with Crippen molar-refractivity contribution in [1.82, 2.24) is 4.98 Å². The third kappa shape index (κ3) is 3.94. The van der Waals surface area contributed by atoms with Crippen LogP contribution in [0.2, 0.25) is 0 Å².